The van der Waals surface area contributed by atoms with Crippen molar-refractivity contribution in [1.29, 1.82) is 0 Å². The third-order valence-electron chi connectivity index (χ3n) is 6.00. The Balaban J connectivity index is 1.26. The van der Waals surface area contributed by atoms with Crippen LogP contribution in [-0.4, -0.2) is 67.7 Å². The first-order valence-electron chi connectivity index (χ1n) is 10.4. The van der Waals surface area contributed by atoms with Gasteiger partial charge in [-0.3, -0.25) is 9.69 Å². The quantitative estimate of drug-likeness (QED) is 0.709. The molecule has 0 spiro atoms. The Kier molecular flexibility index (Phi) is 7.00. The van der Waals surface area contributed by atoms with Gasteiger partial charge >= 0.3 is 0 Å². The van der Waals surface area contributed by atoms with Crippen LogP contribution in [0.4, 0.5) is 0 Å². The highest BCUT2D eigenvalue weighted by Crippen LogP contribution is 2.30. The molecule has 10 heteroatoms. The van der Waals surface area contributed by atoms with Crippen LogP contribution in [0.1, 0.15) is 17.7 Å². The van der Waals surface area contributed by atoms with Gasteiger partial charge in [-0.05, 0) is 42.7 Å². The average molecular weight is 483 g/mol. The van der Waals surface area contributed by atoms with Crippen molar-refractivity contribution in [2.75, 3.05) is 39.3 Å². The first kappa shape index (κ1) is 22.7. The van der Waals surface area contributed by atoms with E-state index < -0.39 is 10.2 Å². The van der Waals surface area contributed by atoms with Crippen LogP contribution in [0.3, 0.4) is 0 Å². The van der Waals surface area contributed by atoms with E-state index >= 15 is 0 Å². The van der Waals surface area contributed by atoms with Crippen molar-refractivity contribution in [2.45, 2.75) is 19.4 Å². The Hall–Kier alpha value is -1.49. The minimum Gasteiger partial charge on any atom is -0.340 e. The monoisotopic (exact) mass is 482 g/mol. The van der Waals surface area contributed by atoms with Crippen LogP contribution in [0.15, 0.2) is 36.4 Å². The van der Waals surface area contributed by atoms with Gasteiger partial charge in [0, 0.05) is 66.5 Å². The lowest BCUT2D eigenvalue weighted by Crippen LogP contribution is -2.52. The SMILES string of the molecule is NS(=O)(=O)N1CCC(C(=O)N2CCN(Cc3ccc(-c4cccc(Cl)c4)s3)CC2)CC1. The molecule has 31 heavy (non-hydrogen) atoms. The number of halogens is 1. The summed E-state index contributed by atoms with van der Waals surface area (Å²) in [6.45, 7) is 4.62. The average Bonchev–Trinajstić information content (AvgIpc) is 3.22. The molecule has 2 aromatic rings. The van der Waals surface area contributed by atoms with Gasteiger partial charge in [-0.15, -0.1) is 11.3 Å². The summed E-state index contributed by atoms with van der Waals surface area (Å²) < 4.78 is 24.1. The zero-order chi connectivity index (χ0) is 22.0. The van der Waals surface area contributed by atoms with E-state index in [2.05, 4.69) is 23.1 Å². The highest BCUT2D eigenvalue weighted by Gasteiger charge is 2.32. The van der Waals surface area contributed by atoms with E-state index in [1.165, 1.54) is 14.1 Å². The third-order valence-corrected chi connectivity index (χ3v) is 8.44. The molecule has 2 aliphatic heterocycles. The molecule has 0 aliphatic carbocycles. The Labute approximate surface area is 192 Å². The van der Waals surface area contributed by atoms with Gasteiger partial charge in [-0.1, -0.05) is 23.7 Å². The van der Waals surface area contributed by atoms with Gasteiger partial charge in [0.15, 0.2) is 0 Å². The molecule has 0 saturated carbocycles. The predicted octanol–water partition coefficient (Wildman–Crippen LogP) is 2.63. The standard InChI is InChI=1S/C21H27ClN4O3S2/c22-18-3-1-2-17(14-18)20-5-4-19(30-20)15-24-10-12-25(13-11-24)21(27)16-6-8-26(9-7-16)31(23,28)29/h1-5,14,16H,6-13,15H2,(H2,23,28,29). The normalized spacial score (nSPS) is 19.6. The zero-order valence-corrected chi connectivity index (χ0v) is 19.6. The molecule has 2 N–H and O–H groups in total. The minimum atomic E-state index is -3.66. The molecule has 2 saturated heterocycles. The fourth-order valence-electron chi connectivity index (χ4n) is 4.22. The lowest BCUT2D eigenvalue weighted by Gasteiger charge is -2.38. The summed E-state index contributed by atoms with van der Waals surface area (Å²) in [5.74, 6) is 0.0372. The van der Waals surface area contributed by atoms with Crippen LogP contribution in [0.2, 0.25) is 5.02 Å². The van der Waals surface area contributed by atoms with E-state index in [1.54, 1.807) is 11.3 Å². The topological polar surface area (TPSA) is 86.9 Å². The largest absolute Gasteiger partial charge is 0.340 e. The van der Waals surface area contributed by atoms with Crippen molar-refractivity contribution in [2.24, 2.45) is 11.1 Å². The van der Waals surface area contributed by atoms with Gasteiger partial charge in [0.05, 0.1) is 0 Å². The molecule has 1 amide bonds. The maximum Gasteiger partial charge on any atom is 0.276 e. The molecule has 1 aromatic carbocycles. The van der Waals surface area contributed by atoms with E-state index in [9.17, 15) is 13.2 Å². The number of benzene rings is 1. The summed E-state index contributed by atoms with van der Waals surface area (Å²) >= 11 is 7.88. The van der Waals surface area contributed by atoms with Gasteiger partial charge in [-0.25, -0.2) is 5.14 Å². The molecule has 0 unspecified atom stereocenters. The molecular weight excluding hydrogens is 456 g/mol. The number of amides is 1. The summed E-state index contributed by atoms with van der Waals surface area (Å²) in [5, 5.41) is 5.93. The van der Waals surface area contributed by atoms with Crippen LogP contribution in [0.25, 0.3) is 10.4 Å². The van der Waals surface area contributed by atoms with Crippen molar-refractivity contribution in [3.05, 3.63) is 46.3 Å². The number of nitrogens with two attached hydrogens (primary N) is 1. The summed E-state index contributed by atoms with van der Waals surface area (Å²) in [4.78, 5) is 19.7. The van der Waals surface area contributed by atoms with Crippen LogP contribution in [0.5, 0.6) is 0 Å². The first-order valence-corrected chi connectivity index (χ1v) is 13.1. The fourth-order valence-corrected chi connectivity index (χ4v) is 6.18. The maximum atomic E-state index is 12.9. The Morgan fingerprint density at radius 2 is 1.77 bits per heavy atom. The molecule has 3 heterocycles. The fraction of sp³-hybridized carbons (Fsp3) is 0.476. The van der Waals surface area contributed by atoms with Crippen LogP contribution in [-0.2, 0) is 21.5 Å². The van der Waals surface area contributed by atoms with Crippen LogP contribution < -0.4 is 5.14 Å². The van der Waals surface area contributed by atoms with E-state index in [4.69, 9.17) is 16.7 Å². The summed E-state index contributed by atoms with van der Waals surface area (Å²) in [6.07, 6.45) is 1.08. The van der Waals surface area contributed by atoms with E-state index in [1.807, 2.05) is 23.1 Å². The number of carbonyl (C=O) groups is 1. The van der Waals surface area contributed by atoms with Gasteiger partial charge in [-0.2, -0.15) is 12.7 Å². The Morgan fingerprint density at radius 1 is 1.06 bits per heavy atom. The van der Waals surface area contributed by atoms with E-state index in [0.29, 0.717) is 39.0 Å². The van der Waals surface area contributed by atoms with Gasteiger partial charge in [0.1, 0.15) is 0 Å². The number of carbonyl (C=O) groups excluding carboxylic acids is 1. The molecule has 0 atom stereocenters. The smallest absolute Gasteiger partial charge is 0.276 e. The summed E-state index contributed by atoms with van der Waals surface area (Å²) in [6, 6.07) is 12.2. The number of piperazine rings is 1. The van der Waals surface area contributed by atoms with E-state index in [-0.39, 0.29) is 11.8 Å². The van der Waals surface area contributed by atoms with Gasteiger partial charge in [0.25, 0.3) is 10.2 Å². The lowest BCUT2D eigenvalue weighted by atomic mass is 9.96. The highest BCUT2D eigenvalue weighted by atomic mass is 35.5. The first-order chi connectivity index (χ1) is 14.8. The van der Waals surface area contributed by atoms with Gasteiger partial charge < -0.3 is 4.90 Å². The predicted molar refractivity (Wildman–Crippen MR) is 124 cm³/mol. The number of thiophene rings is 1. The number of hydrogen-bond acceptors (Lipinski definition) is 5. The number of rotatable bonds is 5. The molecule has 7 nitrogen and oxygen atoms in total. The molecule has 168 valence electrons. The number of nitrogens with zero attached hydrogens (tertiary/aromatic N) is 3. The Bertz CT molecular complexity index is 1030. The van der Waals surface area contributed by atoms with E-state index in [0.717, 1.165) is 30.2 Å². The van der Waals surface area contributed by atoms with Crippen LogP contribution in [0, 0.1) is 5.92 Å². The molecule has 4 rings (SSSR count). The third kappa shape index (κ3) is 5.66. The summed E-state index contributed by atoms with van der Waals surface area (Å²) in [7, 11) is -3.66. The van der Waals surface area contributed by atoms with Crippen molar-refractivity contribution in [3.8, 4) is 10.4 Å². The summed E-state index contributed by atoms with van der Waals surface area (Å²) in [5.41, 5.74) is 1.13. The van der Waals surface area contributed by atoms with Crippen molar-refractivity contribution in [3.63, 3.8) is 0 Å². The molecule has 2 aliphatic rings. The Morgan fingerprint density at radius 3 is 2.42 bits per heavy atom. The maximum absolute atomic E-state index is 12.9. The number of hydrogen-bond donors (Lipinski definition) is 1. The molecule has 0 radical (unpaired) electrons. The molecule has 0 bridgehead atoms. The van der Waals surface area contributed by atoms with Gasteiger partial charge in [0.2, 0.25) is 5.91 Å². The second-order valence-electron chi connectivity index (χ2n) is 8.10. The second-order valence-corrected chi connectivity index (χ2v) is 11.2. The number of piperidine rings is 1. The molecule has 1 aromatic heterocycles. The van der Waals surface area contributed by atoms with Crippen molar-refractivity contribution >= 4 is 39.1 Å². The molecular formula is C21H27ClN4O3S2. The zero-order valence-electron chi connectivity index (χ0n) is 17.2. The molecule has 2 fully saturated rings. The van der Waals surface area contributed by atoms with Crippen molar-refractivity contribution in [1.82, 2.24) is 14.1 Å². The van der Waals surface area contributed by atoms with Crippen molar-refractivity contribution < 1.29 is 13.2 Å². The minimum absolute atomic E-state index is 0.109. The van der Waals surface area contributed by atoms with Crippen LogP contribution >= 0.6 is 22.9 Å². The second kappa shape index (κ2) is 9.56. The highest BCUT2D eigenvalue weighted by molar-refractivity contribution is 7.86. The lowest BCUT2D eigenvalue weighted by molar-refractivity contribution is -0.138.